The Morgan fingerprint density at radius 2 is 1.70 bits per heavy atom. The molecule has 0 aliphatic rings. The van der Waals surface area contributed by atoms with Crippen LogP contribution < -0.4 is 14.9 Å². The van der Waals surface area contributed by atoms with Gasteiger partial charge in [-0.1, -0.05) is 56.7 Å². The number of hydrogen-bond acceptors (Lipinski definition) is 4. The lowest BCUT2D eigenvalue weighted by atomic mass is 9.87. The number of halogens is 1. The normalized spacial score (nSPS) is 11.4. The predicted molar refractivity (Wildman–Crippen MR) is 136 cm³/mol. The Labute approximate surface area is 204 Å². The molecule has 0 aliphatic carbocycles. The molecule has 0 aliphatic heterocycles. The molecule has 0 unspecified atom stereocenters. The third-order valence-electron chi connectivity index (χ3n) is 4.97. The molecule has 3 aromatic carbocycles. The number of hydrogen-bond donors (Lipinski definition) is 1. The van der Waals surface area contributed by atoms with Crippen LogP contribution in [0.25, 0.3) is 0 Å². The molecule has 1 amide bonds. The van der Waals surface area contributed by atoms with Gasteiger partial charge in [-0.3, -0.25) is 4.79 Å². The van der Waals surface area contributed by atoms with Crippen LogP contribution in [0.4, 0.5) is 0 Å². The van der Waals surface area contributed by atoms with E-state index in [0.29, 0.717) is 12.4 Å². The lowest BCUT2D eigenvalue weighted by Gasteiger charge is -2.20. The molecule has 0 bridgehead atoms. The predicted octanol–water partition coefficient (Wildman–Crippen LogP) is 6.16. The van der Waals surface area contributed by atoms with Gasteiger partial charge in [0, 0.05) is 0 Å². The number of amides is 1. The highest BCUT2D eigenvalue weighted by atomic mass is 79.9. The van der Waals surface area contributed by atoms with E-state index in [2.05, 4.69) is 78.4 Å². The van der Waals surface area contributed by atoms with Crippen molar-refractivity contribution >= 4 is 28.1 Å². The summed E-state index contributed by atoms with van der Waals surface area (Å²) in [6.07, 6.45) is 1.58. The van der Waals surface area contributed by atoms with Crippen LogP contribution in [0.3, 0.4) is 0 Å². The van der Waals surface area contributed by atoms with E-state index in [1.54, 1.807) is 6.21 Å². The number of rotatable bonds is 8. The van der Waals surface area contributed by atoms with Crippen LogP contribution in [0.5, 0.6) is 11.5 Å². The molecule has 0 radical (unpaired) electrons. The Kier molecular flexibility index (Phi) is 8.28. The summed E-state index contributed by atoms with van der Waals surface area (Å²) in [6, 6.07) is 21.6. The molecular weight excluding hydrogens is 480 g/mol. The van der Waals surface area contributed by atoms with Crippen molar-refractivity contribution in [3.05, 3.63) is 93.5 Å². The molecular formula is C27H29BrN2O3. The smallest absolute Gasteiger partial charge is 0.277 e. The summed E-state index contributed by atoms with van der Waals surface area (Å²) in [4.78, 5) is 12.1. The van der Waals surface area contributed by atoms with Crippen LogP contribution in [-0.4, -0.2) is 18.7 Å². The zero-order chi connectivity index (χ0) is 23.8. The lowest BCUT2D eigenvalue weighted by Crippen LogP contribution is -2.24. The van der Waals surface area contributed by atoms with E-state index < -0.39 is 0 Å². The highest BCUT2D eigenvalue weighted by Gasteiger charge is 2.15. The molecule has 3 rings (SSSR count). The zero-order valence-electron chi connectivity index (χ0n) is 19.4. The van der Waals surface area contributed by atoms with Crippen molar-refractivity contribution < 1.29 is 14.3 Å². The second-order valence-corrected chi connectivity index (χ2v) is 9.67. The first-order chi connectivity index (χ1) is 15.7. The van der Waals surface area contributed by atoms with Crippen molar-refractivity contribution in [3.8, 4) is 11.5 Å². The Morgan fingerprint density at radius 1 is 1.00 bits per heavy atom. The van der Waals surface area contributed by atoms with E-state index >= 15 is 0 Å². The average molecular weight is 509 g/mol. The van der Waals surface area contributed by atoms with Crippen molar-refractivity contribution in [2.45, 2.75) is 39.7 Å². The van der Waals surface area contributed by atoms with E-state index in [9.17, 15) is 4.79 Å². The first-order valence-corrected chi connectivity index (χ1v) is 11.5. The molecule has 0 heterocycles. The quantitative estimate of drug-likeness (QED) is 0.292. The Bertz CT molecular complexity index is 1100. The molecule has 172 valence electrons. The van der Waals surface area contributed by atoms with E-state index in [4.69, 9.17) is 9.47 Å². The molecule has 0 aromatic heterocycles. The molecule has 0 fully saturated rings. The SMILES string of the molecule is Cc1ccc(COc2ccc(/C=N/NC(=O)COc3ccc(C(C)(C)C)cc3Br)cc2)cc1. The molecule has 0 atom stereocenters. The summed E-state index contributed by atoms with van der Waals surface area (Å²) in [6.45, 7) is 8.88. The highest BCUT2D eigenvalue weighted by molar-refractivity contribution is 9.10. The number of nitrogens with one attached hydrogen (secondary N) is 1. The van der Waals surface area contributed by atoms with Gasteiger partial charge in [-0.15, -0.1) is 0 Å². The number of hydrazone groups is 1. The minimum atomic E-state index is -0.337. The molecule has 5 nitrogen and oxygen atoms in total. The fourth-order valence-electron chi connectivity index (χ4n) is 2.94. The van der Waals surface area contributed by atoms with Gasteiger partial charge in [0.1, 0.15) is 18.1 Å². The average Bonchev–Trinajstić information content (AvgIpc) is 2.78. The maximum atomic E-state index is 12.1. The second-order valence-electron chi connectivity index (χ2n) is 8.82. The summed E-state index contributed by atoms with van der Waals surface area (Å²) < 4.78 is 12.2. The summed E-state index contributed by atoms with van der Waals surface area (Å²) in [5.74, 6) is 1.05. The highest BCUT2D eigenvalue weighted by Crippen LogP contribution is 2.31. The van der Waals surface area contributed by atoms with Crippen molar-refractivity contribution in [1.82, 2.24) is 5.43 Å². The van der Waals surface area contributed by atoms with Crippen LogP contribution in [0.15, 0.2) is 76.3 Å². The molecule has 0 saturated heterocycles. The van der Waals surface area contributed by atoms with Crippen molar-refractivity contribution in [2.24, 2.45) is 5.10 Å². The fraction of sp³-hybridized carbons (Fsp3) is 0.259. The second kappa shape index (κ2) is 11.1. The molecule has 1 N–H and O–H groups in total. The van der Waals surface area contributed by atoms with Crippen LogP contribution in [0.2, 0.25) is 0 Å². The maximum absolute atomic E-state index is 12.1. The first-order valence-electron chi connectivity index (χ1n) is 10.7. The van der Waals surface area contributed by atoms with Gasteiger partial charge in [-0.2, -0.15) is 5.10 Å². The van der Waals surface area contributed by atoms with Gasteiger partial charge in [0.2, 0.25) is 0 Å². The number of ether oxygens (including phenoxy) is 2. The number of carbonyl (C=O) groups is 1. The molecule has 3 aromatic rings. The third-order valence-corrected chi connectivity index (χ3v) is 5.59. The zero-order valence-corrected chi connectivity index (χ0v) is 21.0. The number of benzene rings is 3. The summed E-state index contributed by atoms with van der Waals surface area (Å²) in [5, 5.41) is 4.00. The summed E-state index contributed by atoms with van der Waals surface area (Å²) in [7, 11) is 0. The Hall–Kier alpha value is -3.12. The van der Waals surface area contributed by atoms with Crippen LogP contribution in [0, 0.1) is 6.92 Å². The Balaban J connectivity index is 1.44. The Morgan fingerprint density at radius 3 is 2.33 bits per heavy atom. The number of nitrogens with zero attached hydrogens (tertiary/aromatic N) is 1. The van der Waals surface area contributed by atoms with Gasteiger partial charge in [0.05, 0.1) is 10.7 Å². The van der Waals surface area contributed by atoms with Gasteiger partial charge in [-0.05, 0) is 81.4 Å². The largest absolute Gasteiger partial charge is 0.489 e. The van der Waals surface area contributed by atoms with Gasteiger partial charge in [-0.25, -0.2) is 5.43 Å². The van der Waals surface area contributed by atoms with Gasteiger partial charge in [0.15, 0.2) is 6.61 Å². The van der Waals surface area contributed by atoms with Crippen molar-refractivity contribution in [3.63, 3.8) is 0 Å². The molecule has 33 heavy (non-hydrogen) atoms. The van der Waals surface area contributed by atoms with Crippen molar-refractivity contribution in [2.75, 3.05) is 6.61 Å². The monoisotopic (exact) mass is 508 g/mol. The van der Waals surface area contributed by atoms with E-state index in [0.717, 1.165) is 21.3 Å². The summed E-state index contributed by atoms with van der Waals surface area (Å²) >= 11 is 3.51. The summed E-state index contributed by atoms with van der Waals surface area (Å²) in [5.41, 5.74) is 6.90. The molecule has 0 saturated carbocycles. The van der Waals surface area contributed by atoms with Crippen LogP contribution in [-0.2, 0) is 16.8 Å². The molecule has 0 spiro atoms. The third kappa shape index (κ3) is 7.75. The van der Waals surface area contributed by atoms with E-state index in [-0.39, 0.29) is 17.9 Å². The fourth-order valence-corrected chi connectivity index (χ4v) is 3.43. The van der Waals surface area contributed by atoms with E-state index in [1.165, 1.54) is 11.1 Å². The lowest BCUT2D eigenvalue weighted by molar-refractivity contribution is -0.123. The minimum Gasteiger partial charge on any atom is -0.489 e. The topological polar surface area (TPSA) is 59.9 Å². The number of aryl methyl sites for hydroxylation is 1. The van der Waals surface area contributed by atoms with Crippen LogP contribution in [0.1, 0.15) is 43.0 Å². The van der Waals surface area contributed by atoms with Crippen LogP contribution >= 0.6 is 15.9 Å². The minimum absolute atomic E-state index is 0.0402. The molecule has 6 heteroatoms. The van der Waals surface area contributed by atoms with Gasteiger partial charge < -0.3 is 9.47 Å². The maximum Gasteiger partial charge on any atom is 0.277 e. The van der Waals surface area contributed by atoms with E-state index in [1.807, 2.05) is 42.5 Å². The first kappa shape index (κ1) is 24.5. The van der Waals surface area contributed by atoms with Gasteiger partial charge >= 0.3 is 0 Å². The standard InChI is InChI=1S/C27H29BrN2O3/c1-19-5-7-21(8-6-19)17-32-23-12-9-20(10-13-23)16-29-30-26(31)18-33-25-14-11-22(15-24(25)28)27(2,3)4/h5-16H,17-18H2,1-4H3,(H,30,31)/b29-16+. The van der Waals surface area contributed by atoms with Crippen molar-refractivity contribution in [1.29, 1.82) is 0 Å². The number of carbonyl (C=O) groups excluding carboxylic acids is 1. The van der Waals surface area contributed by atoms with Gasteiger partial charge in [0.25, 0.3) is 5.91 Å².